The second-order valence-corrected chi connectivity index (χ2v) is 8.80. The zero-order valence-electron chi connectivity index (χ0n) is 15.7. The minimum atomic E-state index is -0.431. The van der Waals surface area contributed by atoms with Crippen LogP contribution in [0, 0.1) is 5.41 Å². The predicted molar refractivity (Wildman–Crippen MR) is 109 cm³/mol. The molecule has 27 heavy (non-hydrogen) atoms. The lowest BCUT2D eigenvalue weighted by Crippen LogP contribution is -2.43. The van der Waals surface area contributed by atoms with Gasteiger partial charge >= 0.3 is 6.03 Å². The number of nitrogens with one attached hydrogen (secondary N) is 2. The topological polar surface area (TPSA) is 61.4 Å². The number of nitrogens with zero attached hydrogens (tertiary/aromatic N) is 1. The monoisotopic (exact) mass is 381 g/mol. The largest absolute Gasteiger partial charge is 0.357 e. The average Bonchev–Trinajstić information content (AvgIpc) is 3.09. The van der Waals surface area contributed by atoms with E-state index in [4.69, 9.17) is 0 Å². The normalized spacial score (nSPS) is 21.1. The number of allylic oxidation sites excluding steroid dienone is 1. The number of carbonyl (C=O) groups is 2. The van der Waals surface area contributed by atoms with Crippen molar-refractivity contribution in [2.45, 2.75) is 32.7 Å². The molecule has 1 aromatic heterocycles. The molecule has 5 nitrogen and oxygen atoms in total. The molecular weight excluding hydrogens is 358 g/mol. The number of hydrogen-bond donors (Lipinski definition) is 2. The molecule has 4 rings (SSSR count). The Kier molecular flexibility index (Phi) is 4.30. The fraction of sp³-hybridized carbons (Fsp3) is 0.333. The molecule has 2 heterocycles. The van der Waals surface area contributed by atoms with Crippen LogP contribution in [0.3, 0.4) is 0 Å². The molecule has 0 radical (unpaired) electrons. The smallest absolute Gasteiger partial charge is 0.322 e. The van der Waals surface area contributed by atoms with Crippen molar-refractivity contribution in [1.82, 2.24) is 5.32 Å². The lowest BCUT2D eigenvalue weighted by atomic mass is 9.74. The zero-order chi connectivity index (χ0) is 19.2. The second kappa shape index (κ2) is 6.53. The first-order valence-electron chi connectivity index (χ1n) is 9.08. The summed E-state index contributed by atoms with van der Waals surface area (Å²) in [5.41, 5.74) is 3.14. The molecule has 0 fully saturated rings. The number of amides is 2. The third kappa shape index (κ3) is 3.04. The van der Waals surface area contributed by atoms with Crippen LogP contribution < -0.4 is 15.5 Å². The number of fused-ring (bicyclic) bond motifs is 1. The number of ketones is 1. The van der Waals surface area contributed by atoms with Crippen LogP contribution in [0.2, 0.25) is 0 Å². The third-order valence-corrected chi connectivity index (χ3v) is 6.07. The standard InChI is InChI=1S/C21H23N3O2S/c1-21(2)11-14-18(16(25)12-21)19(17-9-6-10-27-17)24(20(26)22-3)15-8-5-4-7-13(15)23-14/h4-10,19,23H,11-12H2,1-3H3,(H,22,26)/t19-/m0/s1. The number of para-hydroxylation sites is 2. The summed E-state index contributed by atoms with van der Waals surface area (Å²) in [6.07, 6.45) is 1.25. The average molecular weight is 382 g/mol. The maximum Gasteiger partial charge on any atom is 0.322 e. The fourth-order valence-corrected chi connectivity index (χ4v) is 4.87. The first kappa shape index (κ1) is 17.8. The highest BCUT2D eigenvalue weighted by Gasteiger charge is 2.43. The Balaban J connectivity index is 2.00. The maximum absolute atomic E-state index is 13.3. The van der Waals surface area contributed by atoms with Crippen LogP contribution in [-0.4, -0.2) is 18.9 Å². The molecule has 1 atom stereocenters. The summed E-state index contributed by atoms with van der Waals surface area (Å²) in [5.74, 6) is 0.105. The van der Waals surface area contributed by atoms with Gasteiger partial charge in [0.25, 0.3) is 0 Å². The van der Waals surface area contributed by atoms with Crippen LogP contribution in [0.5, 0.6) is 0 Å². The van der Waals surface area contributed by atoms with E-state index in [9.17, 15) is 9.59 Å². The summed E-state index contributed by atoms with van der Waals surface area (Å²) in [6.45, 7) is 4.23. The van der Waals surface area contributed by atoms with E-state index in [0.29, 0.717) is 12.0 Å². The van der Waals surface area contributed by atoms with Gasteiger partial charge in [-0.3, -0.25) is 9.69 Å². The highest BCUT2D eigenvalue weighted by Crippen LogP contribution is 2.48. The Bertz CT molecular complexity index is 931. The molecule has 1 aliphatic heterocycles. The van der Waals surface area contributed by atoms with Crippen molar-refractivity contribution in [3.05, 3.63) is 57.9 Å². The Hall–Kier alpha value is -2.60. The highest BCUT2D eigenvalue weighted by molar-refractivity contribution is 7.10. The van der Waals surface area contributed by atoms with Crippen molar-refractivity contribution in [3.8, 4) is 0 Å². The first-order chi connectivity index (χ1) is 12.9. The summed E-state index contributed by atoms with van der Waals surface area (Å²) in [5, 5.41) is 8.23. The van der Waals surface area contributed by atoms with Crippen molar-refractivity contribution >= 4 is 34.5 Å². The summed E-state index contributed by atoms with van der Waals surface area (Å²) in [7, 11) is 1.62. The van der Waals surface area contributed by atoms with Gasteiger partial charge in [0.1, 0.15) is 6.04 Å². The minimum absolute atomic E-state index is 0.105. The molecule has 2 aliphatic rings. The van der Waals surface area contributed by atoms with Gasteiger partial charge in [-0.25, -0.2) is 4.79 Å². The van der Waals surface area contributed by atoms with E-state index in [1.807, 2.05) is 41.8 Å². The van der Waals surface area contributed by atoms with Gasteiger partial charge < -0.3 is 10.6 Å². The van der Waals surface area contributed by atoms with Crippen LogP contribution in [0.4, 0.5) is 16.2 Å². The maximum atomic E-state index is 13.3. The number of Topliss-reactive ketones (excluding diaryl/α,β-unsaturated/α-hetero) is 1. The summed E-state index contributed by atoms with van der Waals surface area (Å²) >= 11 is 1.57. The van der Waals surface area contributed by atoms with Gasteiger partial charge in [0.05, 0.1) is 11.4 Å². The van der Waals surface area contributed by atoms with E-state index >= 15 is 0 Å². The molecule has 0 bridgehead atoms. The molecule has 0 saturated carbocycles. The van der Waals surface area contributed by atoms with Gasteiger partial charge in [0.2, 0.25) is 0 Å². The Morgan fingerprint density at radius 1 is 1.22 bits per heavy atom. The predicted octanol–water partition coefficient (Wildman–Crippen LogP) is 4.70. The number of hydrogen-bond acceptors (Lipinski definition) is 4. The van der Waals surface area contributed by atoms with Crippen molar-refractivity contribution in [2.75, 3.05) is 17.3 Å². The van der Waals surface area contributed by atoms with Crippen LogP contribution >= 0.6 is 11.3 Å². The second-order valence-electron chi connectivity index (χ2n) is 7.82. The molecule has 0 unspecified atom stereocenters. The molecule has 2 aromatic rings. The lowest BCUT2D eigenvalue weighted by molar-refractivity contribution is -0.118. The fourth-order valence-electron chi connectivity index (χ4n) is 4.05. The van der Waals surface area contributed by atoms with Crippen molar-refractivity contribution in [3.63, 3.8) is 0 Å². The van der Waals surface area contributed by atoms with Crippen LogP contribution in [0.1, 0.15) is 37.6 Å². The van der Waals surface area contributed by atoms with Crippen LogP contribution in [0.25, 0.3) is 0 Å². The lowest BCUT2D eigenvalue weighted by Gasteiger charge is -2.36. The molecule has 0 spiro atoms. The van der Waals surface area contributed by atoms with E-state index in [1.165, 1.54) is 0 Å². The number of urea groups is 1. The molecular formula is C21H23N3O2S. The number of thiophene rings is 1. The number of benzene rings is 1. The van der Waals surface area contributed by atoms with E-state index < -0.39 is 6.04 Å². The number of anilines is 2. The molecule has 1 aromatic carbocycles. The summed E-state index contributed by atoms with van der Waals surface area (Å²) in [6, 6.07) is 11.0. The molecule has 2 amide bonds. The zero-order valence-corrected chi connectivity index (χ0v) is 16.5. The van der Waals surface area contributed by atoms with E-state index in [1.54, 1.807) is 23.3 Å². The van der Waals surface area contributed by atoms with Crippen molar-refractivity contribution in [2.24, 2.45) is 5.41 Å². The Morgan fingerprint density at radius 2 is 2.00 bits per heavy atom. The van der Waals surface area contributed by atoms with E-state index in [0.717, 1.165) is 28.4 Å². The summed E-state index contributed by atoms with van der Waals surface area (Å²) < 4.78 is 0. The van der Waals surface area contributed by atoms with Gasteiger partial charge in [0.15, 0.2) is 5.78 Å². The van der Waals surface area contributed by atoms with Gasteiger partial charge in [-0.05, 0) is 35.4 Å². The molecule has 0 saturated heterocycles. The van der Waals surface area contributed by atoms with Crippen molar-refractivity contribution in [1.29, 1.82) is 0 Å². The summed E-state index contributed by atoms with van der Waals surface area (Å²) in [4.78, 5) is 28.9. The van der Waals surface area contributed by atoms with Gasteiger partial charge in [-0.15, -0.1) is 11.3 Å². The Morgan fingerprint density at radius 3 is 2.70 bits per heavy atom. The first-order valence-corrected chi connectivity index (χ1v) is 9.96. The van der Waals surface area contributed by atoms with E-state index in [2.05, 4.69) is 24.5 Å². The number of carbonyl (C=O) groups excluding carboxylic acids is 2. The van der Waals surface area contributed by atoms with Crippen LogP contribution in [0.15, 0.2) is 53.0 Å². The minimum Gasteiger partial charge on any atom is -0.357 e. The molecule has 140 valence electrons. The molecule has 2 N–H and O–H groups in total. The molecule has 6 heteroatoms. The van der Waals surface area contributed by atoms with Gasteiger partial charge in [0, 0.05) is 29.6 Å². The highest BCUT2D eigenvalue weighted by atomic mass is 32.1. The third-order valence-electron chi connectivity index (χ3n) is 5.15. The van der Waals surface area contributed by atoms with Gasteiger partial charge in [-0.1, -0.05) is 32.0 Å². The number of rotatable bonds is 1. The van der Waals surface area contributed by atoms with Crippen molar-refractivity contribution < 1.29 is 9.59 Å². The molecule has 1 aliphatic carbocycles. The van der Waals surface area contributed by atoms with Gasteiger partial charge in [-0.2, -0.15) is 0 Å². The Labute approximate surface area is 163 Å². The quantitative estimate of drug-likeness (QED) is 0.752. The SMILES string of the molecule is CNC(=O)N1c2ccccc2NC2=C(C(=O)CC(C)(C)C2)[C@@H]1c1cccs1. The van der Waals surface area contributed by atoms with E-state index in [-0.39, 0.29) is 17.2 Å². The van der Waals surface area contributed by atoms with Crippen LogP contribution in [-0.2, 0) is 4.79 Å².